The van der Waals surface area contributed by atoms with Crippen molar-refractivity contribution in [2.24, 2.45) is 5.92 Å². The highest BCUT2D eigenvalue weighted by molar-refractivity contribution is 5.85. The molecular formula is C18H30ClN3O2. The van der Waals surface area contributed by atoms with Crippen LogP contribution in [0.25, 0.3) is 0 Å². The van der Waals surface area contributed by atoms with Crippen LogP contribution in [0.4, 0.5) is 0 Å². The lowest BCUT2D eigenvalue weighted by Gasteiger charge is -2.27. The van der Waals surface area contributed by atoms with Gasteiger partial charge in [0.15, 0.2) is 0 Å². The van der Waals surface area contributed by atoms with Gasteiger partial charge in [-0.25, -0.2) is 0 Å². The van der Waals surface area contributed by atoms with Gasteiger partial charge in [-0.1, -0.05) is 25.1 Å². The SMILES string of the molecule is CC(CCOc1ccccc1)C(=O)NCCCN1CCNCC1.Cl. The smallest absolute Gasteiger partial charge is 0.222 e. The second kappa shape index (κ2) is 12.1. The molecule has 5 nitrogen and oxygen atoms in total. The minimum absolute atomic E-state index is 0. The van der Waals surface area contributed by atoms with E-state index in [0.717, 1.165) is 57.9 Å². The number of nitrogens with one attached hydrogen (secondary N) is 2. The molecule has 1 saturated heterocycles. The molecule has 1 fully saturated rings. The number of amides is 1. The first-order valence-corrected chi connectivity index (χ1v) is 8.64. The van der Waals surface area contributed by atoms with Crippen LogP contribution in [0.2, 0.25) is 0 Å². The number of hydrogen-bond acceptors (Lipinski definition) is 4. The van der Waals surface area contributed by atoms with E-state index in [0.29, 0.717) is 6.61 Å². The maximum Gasteiger partial charge on any atom is 0.222 e. The fourth-order valence-electron chi connectivity index (χ4n) is 2.62. The van der Waals surface area contributed by atoms with E-state index in [-0.39, 0.29) is 24.2 Å². The van der Waals surface area contributed by atoms with Crippen molar-refractivity contribution in [1.29, 1.82) is 0 Å². The number of carbonyl (C=O) groups is 1. The van der Waals surface area contributed by atoms with Crippen LogP contribution in [0.15, 0.2) is 30.3 Å². The minimum Gasteiger partial charge on any atom is -0.494 e. The van der Waals surface area contributed by atoms with Crippen molar-refractivity contribution in [2.75, 3.05) is 45.9 Å². The highest BCUT2D eigenvalue weighted by atomic mass is 35.5. The van der Waals surface area contributed by atoms with E-state index in [2.05, 4.69) is 15.5 Å². The third-order valence-corrected chi connectivity index (χ3v) is 4.17. The third-order valence-electron chi connectivity index (χ3n) is 4.17. The van der Waals surface area contributed by atoms with Crippen molar-refractivity contribution >= 4 is 18.3 Å². The molecule has 136 valence electrons. The second-order valence-corrected chi connectivity index (χ2v) is 6.09. The molecule has 1 unspecified atom stereocenters. The fraction of sp³-hybridized carbons (Fsp3) is 0.611. The molecule has 1 aromatic rings. The Hall–Kier alpha value is -1.30. The normalized spacial score (nSPS) is 16.0. The average Bonchev–Trinajstić information content (AvgIpc) is 2.60. The lowest BCUT2D eigenvalue weighted by atomic mass is 10.1. The maximum absolute atomic E-state index is 12.0. The molecule has 1 aliphatic rings. The van der Waals surface area contributed by atoms with Crippen molar-refractivity contribution in [3.05, 3.63) is 30.3 Å². The number of ether oxygens (including phenoxy) is 1. The Morgan fingerprint density at radius 3 is 2.71 bits per heavy atom. The first-order chi connectivity index (χ1) is 11.3. The second-order valence-electron chi connectivity index (χ2n) is 6.09. The summed E-state index contributed by atoms with van der Waals surface area (Å²) in [5.41, 5.74) is 0. The predicted octanol–water partition coefficient (Wildman–Crippen LogP) is 1.92. The molecule has 1 amide bonds. The number of nitrogens with zero attached hydrogens (tertiary/aromatic N) is 1. The van der Waals surface area contributed by atoms with Gasteiger partial charge in [-0.3, -0.25) is 4.79 Å². The summed E-state index contributed by atoms with van der Waals surface area (Å²) >= 11 is 0. The lowest BCUT2D eigenvalue weighted by Crippen LogP contribution is -2.44. The number of para-hydroxylation sites is 1. The Morgan fingerprint density at radius 1 is 1.29 bits per heavy atom. The Kier molecular flexibility index (Phi) is 10.5. The molecule has 1 atom stereocenters. The maximum atomic E-state index is 12.0. The molecule has 0 bridgehead atoms. The molecule has 2 N–H and O–H groups in total. The third kappa shape index (κ3) is 7.99. The number of rotatable bonds is 9. The highest BCUT2D eigenvalue weighted by Crippen LogP contribution is 2.10. The number of halogens is 1. The van der Waals surface area contributed by atoms with E-state index in [9.17, 15) is 4.79 Å². The van der Waals surface area contributed by atoms with E-state index in [1.54, 1.807) is 0 Å². The summed E-state index contributed by atoms with van der Waals surface area (Å²) in [6.07, 6.45) is 1.75. The van der Waals surface area contributed by atoms with Crippen LogP contribution in [0.3, 0.4) is 0 Å². The van der Waals surface area contributed by atoms with Gasteiger partial charge in [0.05, 0.1) is 6.61 Å². The van der Waals surface area contributed by atoms with Crippen molar-refractivity contribution < 1.29 is 9.53 Å². The molecule has 0 aromatic heterocycles. The van der Waals surface area contributed by atoms with Crippen LogP contribution in [0.1, 0.15) is 19.8 Å². The van der Waals surface area contributed by atoms with Gasteiger partial charge < -0.3 is 20.3 Å². The molecule has 0 spiro atoms. The molecule has 0 radical (unpaired) electrons. The molecule has 0 aliphatic carbocycles. The van der Waals surface area contributed by atoms with Crippen LogP contribution in [-0.4, -0.2) is 56.7 Å². The first-order valence-electron chi connectivity index (χ1n) is 8.64. The van der Waals surface area contributed by atoms with Gasteiger partial charge in [0, 0.05) is 38.6 Å². The van der Waals surface area contributed by atoms with Crippen LogP contribution in [0.5, 0.6) is 5.75 Å². The molecule has 0 saturated carbocycles. The van der Waals surface area contributed by atoms with E-state index >= 15 is 0 Å². The van der Waals surface area contributed by atoms with Gasteiger partial charge in [0.2, 0.25) is 5.91 Å². The molecule has 1 heterocycles. The summed E-state index contributed by atoms with van der Waals surface area (Å²) < 4.78 is 5.64. The molecule has 1 aromatic carbocycles. The van der Waals surface area contributed by atoms with E-state index in [1.807, 2.05) is 37.3 Å². The quantitative estimate of drug-likeness (QED) is 0.664. The summed E-state index contributed by atoms with van der Waals surface area (Å²) in [5, 5.41) is 6.38. The topological polar surface area (TPSA) is 53.6 Å². The van der Waals surface area contributed by atoms with Crippen molar-refractivity contribution in [1.82, 2.24) is 15.5 Å². The van der Waals surface area contributed by atoms with Gasteiger partial charge in [-0.2, -0.15) is 0 Å². The summed E-state index contributed by atoms with van der Waals surface area (Å²) in [5.74, 6) is 0.969. The standard InChI is InChI=1S/C18H29N3O2.ClH/c1-16(8-15-23-17-6-3-2-4-7-17)18(22)20-9-5-12-21-13-10-19-11-14-21;/h2-4,6-7,16,19H,5,8-15H2,1H3,(H,20,22);1H. The zero-order valence-electron chi connectivity index (χ0n) is 14.5. The molecule has 2 rings (SSSR count). The lowest BCUT2D eigenvalue weighted by molar-refractivity contribution is -0.124. The predicted molar refractivity (Wildman–Crippen MR) is 99.9 cm³/mol. The van der Waals surface area contributed by atoms with Crippen molar-refractivity contribution in [3.8, 4) is 5.75 Å². The zero-order valence-corrected chi connectivity index (χ0v) is 15.3. The summed E-state index contributed by atoms with van der Waals surface area (Å²) in [6.45, 7) is 8.72. The monoisotopic (exact) mass is 355 g/mol. The Labute approximate surface area is 151 Å². The zero-order chi connectivity index (χ0) is 16.3. The molecule has 6 heteroatoms. The van der Waals surface area contributed by atoms with Crippen molar-refractivity contribution in [2.45, 2.75) is 19.8 Å². The number of piperazine rings is 1. The molecule has 1 aliphatic heterocycles. The summed E-state index contributed by atoms with van der Waals surface area (Å²) in [6, 6.07) is 9.72. The molecular weight excluding hydrogens is 326 g/mol. The largest absolute Gasteiger partial charge is 0.494 e. The van der Waals surface area contributed by atoms with E-state index in [4.69, 9.17) is 4.74 Å². The van der Waals surface area contributed by atoms with Crippen LogP contribution < -0.4 is 15.4 Å². The number of hydrogen-bond donors (Lipinski definition) is 2. The number of benzene rings is 1. The average molecular weight is 356 g/mol. The van der Waals surface area contributed by atoms with E-state index < -0.39 is 0 Å². The summed E-state index contributed by atoms with van der Waals surface area (Å²) in [7, 11) is 0. The van der Waals surface area contributed by atoms with Crippen molar-refractivity contribution in [3.63, 3.8) is 0 Å². The van der Waals surface area contributed by atoms with Gasteiger partial charge in [0.25, 0.3) is 0 Å². The van der Waals surface area contributed by atoms with Gasteiger partial charge in [0.1, 0.15) is 5.75 Å². The Bertz CT molecular complexity index is 453. The number of carbonyl (C=O) groups excluding carboxylic acids is 1. The van der Waals surface area contributed by atoms with E-state index in [1.165, 1.54) is 0 Å². The van der Waals surface area contributed by atoms with Crippen LogP contribution in [0, 0.1) is 5.92 Å². The fourth-order valence-corrected chi connectivity index (χ4v) is 2.62. The first kappa shape index (κ1) is 20.7. The highest BCUT2D eigenvalue weighted by Gasteiger charge is 2.13. The minimum atomic E-state index is -0.0158. The molecule has 24 heavy (non-hydrogen) atoms. The summed E-state index contributed by atoms with van der Waals surface area (Å²) in [4.78, 5) is 14.5. The van der Waals surface area contributed by atoms with Gasteiger partial charge in [-0.05, 0) is 31.5 Å². The van der Waals surface area contributed by atoms with Gasteiger partial charge in [-0.15, -0.1) is 12.4 Å². The Balaban J connectivity index is 0.00000288. The van der Waals surface area contributed by atoms with Gasteiger partial charge >= 0.3 is 0 Å². The van der Waals surface area contributed by atoms with Crippen LogP contribution in [-0.2, 0) is 4.79 Å². The Morgan fingerprint density at radius 2 is 2.00 bits per heavy atom. The van der Waals surface area contributed by atoms with Crippen LogP contribution >= 0.6 is 12.4 Å².